The highest BCUT2D eigenvalue weighted by molar-refractivity contribution is 7.99. The summed E-state index contributed by atoms with van der Waals surface area (Å²) in [6, 6.07) is 0. The normalized spacial score (nSPS) is 14.2. The van der Waals surface area contributed by atoms with Crippen molar-refractivity contribution < 1.29 is 9.90 Å². The predicted molar refractivity (Wildman–Crippen MR) is 81.4 cm³/mol. The van der Waals surface area contributed by atoms with Crippen molar-refractivity contribution in [2.45, 2.75) is 36.8 Å². The first-order valence-corrected chi connectivity index (χ1v) is 7.80. The molecule has 0 amide bonds. The van der Waals surface area contributed by atoms with Gasteiger partial charge >= 0.3 is 5.97 Å². The van der Waals surface area contributed by atoms with Gasteiger partial charge in [0.2, 0.25) is 0 Å². The predicted octanol–water partition coefficient (Wildman–Crippen LogP) is 1.68. The van der Waals surface area contributed by atoms with Crippen molar-refractivity contribution >= 4 is 28.9 Å². The number of H-pyrrole nitrogens is 1. The first kappa shape index (κ1) is 15.7. The number of aliphatic carboxylic acids is 1. The average molecular weight is 309 g/mol. The standard InChI is InChI=1S/C13H19N5O2S/c1-3-13(14-2,12(19)20)5-4-6-21-11-9-10(16-7-15-9)17-8-18-11/h7-8,14H,3-6H2,1-2H3,(H,19,20)(H,15,16,17,18). The monoisotopic (exact) mass is 309 g/mol. The van der Waals surface area contributed by atoms with Crippen molar-refractivity contribution in [1.29, 1.82) is 0 Å². The van der Waals surface area contributed by atoms with Gasteiger partial charge in [0.25, 0.3) is 0 Å². The lowest BCUT2D eigenvalue weighted by molar-refractivity contribution is -0.145. The van der Waals surface area contributed by atoms with Crippen LogP contribution in [0.15, 0.2) is 17.7 Å². The van der Waals surface area contributed by atoms with Gasteiger partial charge in [0.15, 0.2) is 5.65 Å². The molecule has 1 unspecified atom stereocenters. The fourth-order valence-electron chi connectivity index (χ4n) is 2.24. The highest BCUT2D eigenvalue weighted by Crippen LogP contribution is 2.25. The number of aromatic nitrogens is 4. The van der Waals surface area contributed by atoms with Crippen LogP contribution in [0.3, 0.4) is 0 Å². The molecule has 2 heterocycles. The van der Waals surface area contributed by atoms with Crippen LogP contribution in [0, 0.1) is 0 Å². The fourth-order valence-corrected chi connectivity index (χ4v) is 3.14. The summed E-state index contributed by atoms with van der Waals surface area (Å²) in [5.74, 6) is -0.00234. The van der Waals surface area contributed by atoms with E-state index in [1.54, 1.807) is 25.1 Å². The first-order valence-electron chi connectivity index (χ1n) is 6.82. The summed E-state index contributed by atoms with van der Waals surface area (Å²) < 4.78 is 0. The second-order valence-corrected chi connectivity index (χ2v) is 5.81. The number of aromatic amines is 1. The number of nitrogens with one attached hydrogen (secondary N) is 2. The number of hydrogen-bond donors (Lipinski definition) is 3. The minimum absolute atomic E-state index is 0.557. The van der Waals surface area contributed by atoms with Crippen LogP contribution < -0.4 is 5.32 Å². The number of fused-ring (bicyclic) bond motifs is 1. The molecule has 2 rings (SSSR count). The van der Waals surface area contributed by atoms with Crippen molar-refractivity contribution in [2.24, 2.45) is 0 Å². The Bertz CT molecular complexity index is 611. The van der Waals surface area contributed by atoms with Crippen LogP contribution in [0.4, 0.5) is 0 Å². The zero-order chi connectivity index (χ0) is 15.3. The smallest absolute Gasteiger partial charge is 0.323 e. The van der Waals surface area contributed by atoms with Crippen molar-refractivity contribution in [3.05, 3.63) is 12.7 Å². The number of carbonyl (C=O) groups is 1. The van der Waals surface area contributed by atoms with E-state index in [4.69, 9.17) is 0 Å². The molecule has 0 aliphatic rings. The van der Waals surface area contributed by atoms with Gasteiger partial charge in [-0.15, -0.1) is 11.8 Å². The molecule has 3 N–H and O–H groups in total. The second kappa shape index (κ2) is 6.86. The maximum Gasteiger partial charge on any atom is 0.323 e. The van der Waals surface area contributed by atoms with Gasteiger partial charge in [-0.2, -0.15) is 0 Å². The number of likely N-dealkylation sites (N-methyl/N-ethyl adjacent to an activating group) is 1. The summed E-state index contributed by atoms with van der Waals surface area (Å²) in [6.07, 6.45) is 5.01. The lowest BCUT2D eigenvalue weighted by Gasteiger charge is -2.27. The molecule has 0 saturated heterocycles. The third-order valence-electron chi connectivity index (χ3n) is 3.67. The van der Waals surface area contributed by atoms with Crippen molar-refractivity contribution in [1.82, 2.24) is 25.3 Å². The summed E-state index contributed by atoms with van der Waals surface area (Å²) in [7, 11) is 1.70. The Morgan fingerprint density at radius 1 is 1.48 bits per heavy atom. The Morgan fingerprint density at radius 3 is 2.95 bits per heavy atom. The third kappa shape index (κ3) is 3.33. The molecular formula is C13H19N5O2S. The quantitative estimate of drug-likeness (QED) is 0.387. The first-order chi connectivity index (χ1) is 10.1. The van der Waals surface area contributed by atoms with Crippen LogP contribution in [0.1, 0.15) is 26.2 Å². The van der Waals surface area contributed by atoms with E-state index >= 15 is 0 Å². The number of thioether (sulfide) groups is 1. The highest BCUT2D eigenvalue weighted by atomic mass is 32.2. The minimum Gasteiger partial charge on any atom is -0.480 e. The molecule has 7 nitrogen and oxygen atoms in total. The molecule has 2 aromatic rings. The maximum atomic E-state index is 11.4. The van der Waals surface area contributed by atoms with E-state index in [1.165, 1.54) is 6.33 Å². The number of rotatable bonds is 8. The fraction of sp³-hybridized carbons (Fsp3) is 0.538. The molecule has 0 saturated carbocycles. The van der Waals surface area contributed by atoms with E-state index in [0.29, 0.717) is 18.5 Å². The number of nitrogens with zero attached hydrogens (tertiary/aromatic N) is 3. The van der Waals surface area contributed by atoms with Gasteiger partial charge in [0.05, 0.1) is 6.33 Å². The lowest BCUT2D eigenvalue weighted by Crippen LogP contribution is -2.49. The molecule has 0 aromatic carbocycles. The summed E-state index contributed by atoms with van der Waals surface area (Å²) in [4.78, 5) is 26.8. The maximum absolute atomic E-state index is 11.4. The van der Waals surface area contributed by atoms with E-state index in [1.807, 2.05) is 6.92 Å². The van der Waals surface area contributed by atoms with Gasteiger partial charge < -0.3 is 15.4 Å². The molecular weight excluding hydrogens is 290 g/mol. The SMILES string of the molecule is CCC(CCCSc1ncnc2nc[nH]c12)(NC)C(=O)O. The number of carboxylic acids is 1. The Labute approximate surface area is 127 Å². The van der Waals surface area contributed by atoms with Gasteiger partial charge in [-0.1, -0.05) is 6.92 Å². The number of hydrogen-bond acceptors (Lipinski definition) is 6. The van der Waals surface area contributed by atoms with Crippen LogP contribution in [0.2, 0.25) is 0 Å². The molecule has 0 fully saturated rings. The average Bonchev–Trinajstić information content (AvgIpc) is 2.97. The molecule has 114 valence electrons. The van der Waals surface area contributed by atoms with Crippen LogP contribution in [-0.2, 0) is 4.79 Å². The summed E-state index contributed by atoms with van der Waals surface area (Å²) in [6.45, 7) is 1.89. The zero-order valence-electron chi connectivity index (χ0n) is 12.1. The third-order valence-corrected chi connectivity index (χ3v) is 4.74. The summed E-state index contributed by atoms with van der Waals surface area (Å²) in [5, 5.41) is 13.1. The van der Waals surface area contributed by atoms with Crippen LogP contribution in [0.5, 0.6) is 0 Å². The molecule has 2 aromatic heterocycles. The molecule has 0 radical (unpaired) electrons. The van der Waals surface area contributed by atoms with Crippen LogP contribution in [0.25, 0.3) is 11.2 Å². The van der Waals surface area contributed by atoms with E-state index < -0.39 is 11.5 Å². The molecule has 21 heavy (non-hydrogen) atoms. The number of imidazole rings is 1. The largest absolute Gasteiger partial charge is 0.480 e. The van der Waals surface area contributed by atoms with Gasteiger partial charge in [-0.25, -0.2) is 15.0 Å². The molecule has 0 spiro atoms. The Morgan fingerprint density at radius 2 is 2.29 bits per heavy atom. The van der Waals surface area contributed by atoms with Crippen molar-refractivity contribution in [3.8, 4) is 0 Å². The Kier molecular flexibility index (Phi) is 5.13. The Balaban J connectivity index is 1.93. The molecule has 8 heteroatoms. The molecule has 0 aliphatic carbocycles. The highest BCUT2D eigenvalue weighted by Gasteiger charge is 2.34. The molecule has 0 bridgehead atoms. The van der Waals surface area contributed by atoms with E-state index in [9.17, 15) is 9.90 Å². The van der Waals surface area contributed by atoms with Gasteiger partial charge in [0, 0.05) is 0 Å². The van der Waals surface area contributed by atoms with E-state index in [-0.39, 0.29) is 0 Å². The topological polar surface area (TPSA) is 104 Å². The second-order valence-electron chi connectivity index (χ2n) is 4.72. The van der Waals surface area contributed by atoms with E-state index in [2.05, 4.69) is 25.3 Å². The zero-order valence-corrected chi connectivity index (χ0v) is 12.9. The lowest BCUT2D eigenvalue weighted by atomic mass is 9.91. The minimum atomic E-state index is -0.838. The van der Waals surface area contributed by atoms with Crippen molar-refractivity contribution in [3.63, 3.8) is 0 Å². The van der Waals surface area contributed by atoms with E-state index in [0.717, 1.165) is 22.7 Å². The molecule has 1 atom stereocenters. The summed E-state index contributed by atoms with van der Waals surface area (Å²) in [5.41, 5.74) is 0.641. The summed E-state index contributed by atoms with van der Waals surface area (Å²) >= 11 is 1.58. The molecule has 0 aliphatic heterocycles. The van der Waals surface area contributed by atoms with Gasteiger partial charge in [-0.3, -0.25) is 4.79 Å². The number of carboxylic acid groups (broad SMARTS) is 1. The van der Waals surface area contributed by atoms with Crippen LogP contribution in [-0.4, -0.2) is 49.4 Å². The Hall–Kier alpha value is -1.67. The van der Waals surface area contributed by atoms with Crippen molar-refractivity contribution in [2.75, 3.05) is 12.8 Å². The van der Waals surface area contributed by atoms with Gasteiger partial charge in [-0.05, 0) is 32.1 Å². The van der Waals surface area contributed by atoms with Gasteiger partial charge in [0.1, 0.15) is 22.4 Å². The van der Waals surface area contributed by atoms with Crippen LogP contribution >= 0.6 is 11.8 Å².